The average molecular weight is 272 g/mol. The molecule has 3 nitrogen and oxygen atoms in total. The number of aryl methyl sites for hydroxylation is 1. The fourth-order valence-corrected chi connectivity index (χ4v) is 2.58. The van der Waals surface area contributed by atoms with Crippen LogP contribution in [0, 0.1) is 0 Å². The first-order chi connectivity index (χ1) is 9.69. The Labute approximate surface area is 121 Å². The minimum Gasteiger partial charge on any atom is -0.378 e. The van der Waals surface area contributed by atoms with Crippen LogP contribution in [0.25, 0.3) is 10.9 Å². The minimum atomic E-state index is -0.442. The second kappa shape index (κ2) is 6.82. The number of pyridine rings is 1. The van der Waals surface area contributed by atoms with Gasteiger partial charge in [-0.15, -0.1) is 0 Å². The van der Waals surface area contributed by atoms with E-state index in [2.05, 4.69) is 49.9 Å². The molecule has 0 amide bonds. The third-order valence-corrected chi connectivity index (χ3v) is 3.86. The van der Waals surface area contributed by atoms with Crippen molar-refractivity contribution in [3.8, 4) is 0 Å². The Kier molecular flexibility index (Phi) is 5.10. The van der Waals surface area contributed by atoms with Gasteiger partial charge in [0, 0.05) is 17.5 Å². The normalized spacial score (nSPS) is 13.1. The molecule has 0 radical (unpaired) electrons. The number of nitrogens with zero attached hydrogens (tertiary/aromatic N) is 2. The van der Waals surface area contributed by atoms with Gasteiger partial charge in [-0.2, -0.15) is 0 Å². The second-order valence-electron chi connectivity index (χ2n) is 5.05. The SMILES string of the molecule is CCc1ccc2cccc(CC(O)N(CC)CC)c2n1. The minimum absolute atomic E-state index is 0.442. The highest BCUT2D eigenvalue weighted by Gasteiger charge is 2.14. The molecule has 20 heavy (non-hydrogen) atoms. The van der Waals surface area contributed by atoms with Crippen LogP contribution in [0.15, 0.2) is 30.3 Å². The summed E-state index contributed by atoms with van der Waals surface area (Å²) < 4.78 is 0. The fourth-order valence-electron chi connectivity index (χ4n) is 2.58. The molecular weight excluding hydrogens is 248 g/mol. The van der Waals surface area contributed by atoms with E-state index in [9.17, 15) is 5.11 Å². The van der Waals surface area contributed by atoms with Gasteiger partial charge < -0.3 is 5.11 Å². The number of para-hydroxylation sites is 1. The number of hydrogen-bond acceptors (Lipinski definition) is 3. The smallest absolute Gasteiger partial charge is 0.111 e. The molecule has 1 aromatic heterocycles. The number of hydrogen-bond donors (Lipinski definition) is 1. The third-order valence-electron chi connectivity index (χ3n) is 3.86. The van der Waals surface area contributed by atoms with E-state index in [1.165, 1.54) is 0 Å². The van der Waals surface area contributed by atoms with Crippen molar-refractivity contribution in [3.63, 3.8) is 0 Å². The Morgan fingerprint density at radius 2 is 1.85 bits per heavy atom. The van der Waals surface area contributed by atoms with Gasteiger partial charge in [-0.05, 0) is 31.1 Å². The molecule has 0 saturated carbocycles. The zero-order chi connectivity index (χ0) is 14.5. The molecule has 1 N–H and O–H groups in total. The number of fused-ring (bicyclic) bond motifs is 1. The van der Waals surface area contributed by atoms with Crippen molar-refractivity contribution in [2.75, 3.05) is 13.1 Å². The highest BCUT2D eigenvalue weighted by molar-refractivity contribution is 5.82. The molecule has 1 atom stereocenters. The molecule has 0 bridgehead atoms. The maximum absolute atomic E-state index is 10.3. The zero-order valence-corrected chi connectivity index (χ0v) is 12.6. The molecule has 1 unspecified atom stereocenters. The van der Waals surface area contributed by atoms with E-state index >= 15 is 0 Å². The number of aliphatic hydroxyl groups excluding tert-OH is 1. The summed E-state index contributed by atoms with van der Waals surface area (Å²) in [7, 11) is 0. The predicted molar refractivity (Wildman–Crippen MR) is 83.8 cm³/mol. The van der Waals surface area contributed by atoms with E-state index < -0.39 is 6.23 Å². The second-order valence-corrected chi connectivity index (χ2v) is 5.05. The molecule has 1 heterocycles. The van der Waals surface area contributed by atoms with Gasteiger partial charge in [0.1, 0.15) is 6.23 Å². The van der Waals surface area contributed by atoms with E-state index in [1.54, 1.807) is 0 Å². The highest BCUT2D eigenvalue weighted by atomic mass is 16.3. The Morgan fingerprint density at radius 3 is 2.50 bits per heavy atom. The van der Waals surface area contributed by atoms with E-state index in [0.29, 0.717) is 6.42 Å². The largest absolute Gasteiger partial charge is 0.378 e. The van der Waals surface area contributed by atoms with Crippen LogP contribution in [0.1, 0.15) is 32.0 Å². The van der Waals surface area contributed by atoms with E-state index in [4.69, 9.17) is 4.98 Å². The van der Waals surface area contributed by atoms with Crippen molar-refractivity contribution in [1.29, 1.82) is 0 Å². The van der Waals surface area contributed by atoms with Crippen molar-refractivity contribution >= 4 is 10.9 Å². The molecule has 0 aliphatic rings. The molecule has 0 saturated heterocycles. The summed E-state index contributed by atoms with van der Waals surface area (Å²) in [4.78, 5) is 6.79. The molecule has 0 aliphatic heterocycles. The molecule has 1 aromatic carbocycles. The monoisotopic (exact) mass is 272 g/mol. The first-order valence-electron chi connectivity index (χ1n) is 7.49. The maximum atomic E-state index is 10.3. The molecule has 108 valence electrons. The van der Waals surface area contributed by atoms with E-state index in [1.807, 2.05) is 6.07 Å². The van der Waals surface area contributed by atoms with Gasteiger partial charge in [-0.3, -0.25) is 9.88 Å². The summed E-state index contributed by atoms with van der Waals surface area (Å²) in [5, 5.41) is 11.5. The lowest BCUT2D eigenvalue weighted by molar-refractivity contribution is 0.0118. The van der Waals surface area contributed by atoms with Crippen molar-refractivity contribution in [1.82, 2.24) is 9.88 Å². The molecular formula is C17H24N2O. The van der Waals surface area contributed by atoms with Gasteiger partial charge in [-0.25, -0.2) is 0 Å². The number of rotatable bonds is 6. The van der Waals surface area contributed by atoms with Gasteiger partial charge >= 0.3 is 0 Å². The van der Waals surface area contributed by atoms with Crippen LogP contribution in [-0.2, 0) is 12.8 Å². The summed E-state index contributed by atoms with van der Waals surface area (Å²) in [6.07, 6.45) is 1.12. The molecule has 3 heteroatoms. The summed E-state index contributed by atoms with van der Waals surface area (Å²) in [5.41, 5.74) is 3.25. The summed E-state index contributed by atoms with van der Waals surface area (Å²) >= 11 is 0. The summed E-state index contributed by atoms with van der Waals surface area (Å²) in [6, 6.07) is 10.4. The van der Waals surface area contributed by atoms with Crippen molar-refractivity contribution in [2.45, 2.75) is 39.8 Å². The van der Waals surface area contributed by atoms with Crippen molar-refractivity contribution in [3.05, 3.63) is 41.6 Å². The third kappa shape index (κ3) is 3.17. The molecule has 0 spiro atoms. The van der Waals surface area contributed by atoms with Gasteiger partial charge in [0.2, 0.25) is 0 Å². The van der Waals surface area contributed by atoms with E-state index in [0.717, 1.165) is 41.7 Å². The standard InChI is InChI=1S/C17H24N2O/c1-4-15-11-10-13-8-7-9-14(17(13)18-15)12-16(20)19(5-2)6-3/h7-11,16,20H,4-6,12H2,1-3H3. The quantitative estimate of drug-likeness (QED) is 0.821. The Hall–Kier alpha value is -1.45. The average Bonchev–Trinajstić information content (AvgIpc) is 2.48. The number of benzene rings is 1. The fraction of sp³-hybridized carbons (Fsp3) is 0.471. The molecule has 0 aliphatic carbocycles. The van der Waals surface area contributed by atoms with Crippen LogP contribution >= 0.6 is 0 Å². The lowest BCUT2D eigenvalue weighted by Crippen LogP contribution is -2.36. The Balaban J connectivity index is 2.33. The summed E-state index contributed by atoms with van der Waals surface area (Å²) in [6.45, 7) is 7.97. The van der Waals surface area contributed by atoms with Crippen LogP contribution < -0.4 is 0 Å². The van der Waals surface area contributed by atoms with Gasteiger partial charge in [0.05, 0.1) is 5.52 Å². The Morgan fingerprint density at radius 1 is 1.10 bits per heavy atom. The highest BCUT2D eigenvalue weighted by Crippen LogP contribution is 2.19. The predicted octanol–water partition coefficient (Wildman–Crippen LogP) is 3.00. The van der Waals surface area contributed by atoms with Crippen LogP contribution in [0.4, 0.5) is 0 Å². The number of aliphatic hydroxyl groups is 1. The van der Waals surface area contributed by atoms with Gasteiger partial charge in [0.25, 0.3) is 0 Å². The van der Waals surface area contributed by atoms with Gasteiger partial charge in [-0.1, -0.05) is 45.0 Å². The molecule has 0 fully saturated rings. The van der Waals surface area contributed by atoms with Crippen molar-refractivity contribution < 1.29 is 5.11 Å². The van der Waals surface area contributed by atoms with Crippen LogP contribution in [0.5, 0.6) is 0 Å². The van der Waals surface area contributed by atoms with E-state index in [-0.39, 0.29) is 0 Å². The van der Waals surface area contributed by atoms with Crippen molar-refractivity contribution in [2.24, 2.45) is 0 Å². The first-order valence-corrected chi connectivity index (χ1v) is 7.49. The first kappa shape index (κ1) is 14.9. The lowest BCUT2D eigenvalue weighted by atomic mass is 10.0. The maximum Gasteiger partial charge on any atom is 0.111 e. The van der Waals surface area contributed by atoms with Crippen LogP contribution in [-0.4, -0.2) is 34.3 Å². The summed E-state index contributed by atoms with van der Waals surface area (Å²) in [5.74, 6) is 0. The number of likely N-dealkylation sites (N-methyl/N-ethyl adjacent to an activating group) is 1. The lowest BCUT2D eigenvalue weighted by Gasteiger charge is -2.25. The molecule has 2 aromatic rings. The number of aromatic nitrogens is 1. The van der Waals surface area contributed by atoms with Crippen LogP contribution in [0.2, 0.25) is 0 Å². The van der Waals surface area contributed by atoms with Crippen LogP contribution in [0.3, 0.4) is 0 Å². The molecule has 2 rings (SSSR count). The topological polar surface area (TPSA) is 36.4 Å². The van der Waals surface area contributed by atoms with Gasteiger partial charge in [0.15, 0.2) is 0 Å². The Bertz CT molecular complexity index is 564. The zero-order valence-electron chi connectivity index (χ0n) is 12.6.